The largest absolute Gasteiger partial charge is 0.491 e. The first kappa shape index (κ1) is 30.6. The van der Waals surface area contributed by atoms with Crippen molar-refractivity contribution in [2.75, 3.05) is 57.5 Å². The highest BCUT2D eigenvalue weighted by atomic mass is 19.3. The van der Waals surface area contributed by atoms with Crippen molar-refractivity contribution in [3.63, 3.8) is 0 Å². The topological polar surface area (TPSA) is 137 Å². The lowest BCUT2D eigenvalue weighted by molar-refractivity contribution is 0.0118. The number of ether oxygens (including phenoxy) is 4. The van der Waals surface area contributed by atoms with Crippen molar-refractivity contribution in [1.82, 2.24) is 29.4 Å². The van der Waals surface area contributed by atoms with Gasteiger partial charge in [-0.05, 0) is 32.9 Å². The van der Waals surface area contributed by atoms with Gasteiger partial charge < -0.3 is 33.9 Å². The first-order chi connectivity index (χ1) is 20.6. The smallest absolute Gasteiger partial charge is 0.410 e. The van der Waals surface area contributed by atoms with Crippen molar-refractivity contribution in [3.8, 4) is 17.7 Å². The number of fused-ring (bicyclic) bond motifs is 1. The van der Waals surface area contributed by atoms with Crippen LogP contribution in [0.15, 0.2) is 18.2 Å². The summed E-state index contributed by atoms with van der Waals surface area (Å²) in [7, 11) is 0. The molecule has 0 bridgehead atoms. The molecule has 2 aliphatic heterocycles. The van der Waals surface area contributed by atoms with E-state index < -0.39 is 17.9 Å². The molecule has 1 amide bonds. The Hall–Kier alpha value is -3.85. The molecular weight excluding hydrogens is 568 g/mol. The first-order valence-corrected chi connectivity index (χ1v) is 14.4. The Morgan fingerprint density at radius 3 is 2.47 bits per heavy atom. The lowest BCUT2D eigenvalue weighted by Gasteiger charge is -2.33. The van der Waals surface area contributed by atoms with Crippen LogP contribution < -0.4 is 14.4 Å². The van der Waals surface area contributed by atoms with Gasteiger partial charge in [-0.3, -0.25) is 4.57 Å². The van der Waals surface area contributed by atoms with Crippen LogP contribution in [0.5, 0.6) is 11.8 Å². The molecule has 43 heavy (non-hydrogen) atoms. The summed E-state index contributed by atoms with van der Waals surface area (Å²) < 4.78 is 52.8. The van der Waals surface area contributed by atoms with Gasteiger partial charge in [0.05, 0.1) is 25.3 Å². The predicted molar refractivity (Wildman–Crippen MR) is 151 cm³/mol. The molecule has 1 aromatic carbocycles. The molecule has 0 aliphatic carbocycles. The van der Waals surface area contributed by atoms with E-state index in [4.69, 9.17) is 24.1 Å². The quantitative estimate of drug-likeness (QED) is 0.359. The predicted octanol–water partition coefficient (Wildman–Crippen LogP) is 3.52. The zero-order chi connectivity index (χ0) is 30.6. The van der Waals surface area contributed by atoms with Gasteiger partial charge in [0, 0.05) is 52.0 Å². The summed E-state index contributed by atoms with van der Waals surface area (Å²) in [6, 6.07) is 4.93. The summed E-state index contributed by atoms with van der Waals surface area (Å²) in [5.41, 5.74) is -0.0451. The number of carbonyl (C=O) groups excluding carboxylic acids is 1. The third-order valence-corrected chi connectivity index (χ3v) is 6.88. The molecule has 2 saturated heterocycles. The number of aliphatic hydroxyl groups is 1. The van der Waals surface area contributed by atoms with E-state index >= 15 is 0 Å². The van der Waals surface area contributed by atoms with Crippen molar-refractivity contribution in [1.29, 1.82) is 0 Å². The van der Waals surface area contributed by atoms with E-state index in [1.165, 1.54) is 4.57 Å². The van der Waals surface area contributed by atoms with Crippen LogP contribution in [-0.4, -0.2) is 105 Å². The number of rotatable bonds is 9. The fourth-order valence-electron chi connectivity index (χ4n) is 4.84. The molecule has 3 aromatic rings. The van der Waals surface area contributed by atoms with Gasteiger partial charge in [-0.15, -0.1) is 0 Å². The summed E-state index contributed by atoms with van der Waals surface area (Å²) in [4.78, 5) is 33.8. The molecular formula is C28H37F2N7O6. The maximum atomic E-state index is 14.4. The number of anilines is 1. The van der Waals surface area contributed by atoms with E-state index in [-0.39, 0.29) is 48.8 Å². The summed E-state index contributed by atoms with van der Waals surface area (Å²) in [5, 5.41) is 9.11. The van der Waals surface area contributed by atoms with Crippen LogP contribution >= 0.6 is 0 Å². The Bertz CT molecular complexity index is 1400. The van der Waals surface area contributed by atoms with Crippen LogP contribution in [0.4, 0.5) is 19.5 Å². The number of piperidine rings is 1. The van der Waals surface area contributed by atoms with Crippen molar-refractivity contribution in [3.05, 3.63) is 24.0 Å². The van der Waals surface area contributed by atoms with E-state index in [1.807, 2.05) is 25.7 Å². The molecule has 234 valence electrons. The number of aliphatic hydroxyl groups excluding tert-OH is 1. The Balaban J connectivity index is 1.46. The van der Waals surface area contributed by atoms with Crippen LogP contribution in [0.3, 0.4) is 0 Å². The van der Waals surface area contributed by atoms with E-state index in [0.29, 0.717) is 69.9 Å². The summed E-state index contributed by atoms with van der Waals surface area (Å²) in [5.74, 6) is -0.0406. The number of amides is 1. The number of benzene rings is 1. The first-order valence-electron chi connectivity index (χ1n) is 14.4. The van der Waals surface area contributed by atoms with Gasteiger partial charge >= 0.3 is 12.1 Å². The molecule has 15 heteroatoms. The minimum atomic E-state index is -2.94. The Morgan fingerprint density at radius 1 is 1.07 bits per heavy atom. The molecule has 0 atom stereocenters. The molecule has 5 rings (SSSR count). The number of morpholine rings is 1. The maximum absolute atomic E-state index is 14.4. The second-order valence-corrected chi connectivity index (χ2v) is 11.3. The van der Waals surface area contributed by atoms with Gasteiger partial charge in [-0.2, -0.15) is 15.0 Å². The SMILES string of the molecule is CC(C)(C)OC(=O)N1CCC(Oc2nc(N3CCOCC3)nc(-n3c(C(F)F)nc4c(OCCCO)cccc43)n2)CC1. The lowest BCUT2D eigenvalue weighted by atomic mass is 10.1. The van der Waals surface area contributed by atoms with Crippen LogP contribution in [0.1, 0.15) is 52.3 Å². The molecule has 0 radical (unpaired) electrons. The standard InChI is InChI=1S/C28H37F2N7O6/c1-28(2,3)43-27(39)36-10-8-18(9-11-36)42-26-33-24(35-12-16-40-17-13-35)32-25(34-26)37-19-6-4-7-20(41-15-5-14-38)21(19)31-23(37)22(29)30/h4,6-7,18,22,38H,5,8-17H2,1-3H3. The monoisotopic (exact) mass is 605 g/mol. The number of aromatic nitrogens is 5. The number of alkyl halides is 2. The number of nitrogens with zero attached hydrogens (tertiary/aromatic N) is 7. The number of para-hydroxylation sites is 1. The number of imidazole rings is 1. The van der Waals surface area contributed by atoms with Gasteiger partial charge in [0.2, 0.25) is 11.9 Å². The van der Waals surface area contributed by atoms with Gasteiger partial charge in [0.1, 0.15) is 23.0 Å². The van der Waals surface area contributed by atoms with E-state index in [9.17, 15) is 13.6 Å². The van der Waals surface area contributed by atoms with Crippen LogP contribution in [0.2, 0.25) is 0 Å². The van der Waals surface area contributed by atoms with Crippen LogP contribution in [0, 0.1) is 0 Å². The minimum Gasteiger partial charge on any atom is -0.491 e. The van der Waals surface area contributed by atoms with E-state index in [1.54, 1.807) is 23.1 Å². The van der Waals surface area contributed by atoms with Crippen molar-refractivity contribution < 1.29 is 37.6 Å². The molecule has 13 nitrogen and oxygen atoms in total. The molecule has 0 unspecified atom stereocenters. The third kappa shape index (κ3) is 7.39. The van der Waals surface area contributed by atoms with E-state index in [2.05, 4.69) is 19.9 Å². The summed E-state index contributed by atoms with van der Waals surface area (Å²) in [6.45, 7) is 8.38. The van der Waals surface area contributed by atoms with Crippen molar-refractivity contribution in [2.45, 2.75) is 58.2 Å². The Kier molecular flexibility index (Phi) is 9.40. The minimum absolute atomic E-state index is 0.0142. The zero-order valence-electron chi connectivity index (χ0n) is 24.5. The number of carbonyl (C=O) groups is 1. The highest BCUT2D eigenvalue weighted by molar-refractivity contribution is 5.84. The zero-order valence-corrected chi connectivity index (χ0v) is 24.5. The Morgan fingerprint density at radius 2 is 1.79 bits per heavy atom. The highest BCUT2D eigenvalue weighted by Crippen LogP contribution is 2.33. The number of hydrogen-bond donors (Lipinski definition) is 1. The normalized spacial score (nSPS) is 16.6. The lowest BCUT2D eigenvalue weighted by Crippen LogP contribution is -2.44. The third-order valence-electron chi connectivity index (χ3n) is 6.88. The summed E-state index contributed by atoms with van der Waals surface area (Å²) >= 11 is 0. The second kappa shape index (κ2) is 13.2. The average molecular weight is 606 g/mol. The van der Waals surface area contributed by atoms with Crippen LogP contribution in [0.25, 0.3) is 17.0 Å². The molecule has 2 aliphatic rings. The molecule has 0 spiro atoms. The highest BCUT2D eigenvalue weighted by Gasteiger charge is 2.30. The second-order valence-electron chi connectivity index (χ2n) is 11.3. The van der Waals surface area contributed by atoms with E-state index in [0.717, 1.165) is 0 Å². The molecule has 2 aromatic heterocycles. The molecule has 2 fully saturated rings. The molecule has 0 saturated carbocycles. The maximum Gasteiger partial charge on any atom is 0.410 e. The Labute approximate surface area is 247 Å². The molecule has 1 N–H and O–H groups in total. The van der Waals surface area contributed by atoms with Crippen LogP contribution in [-0.2, 0) is 9.47 Å². The van der Waals surface area contributed by atoms with Gasteiger partial charge in [0.25, 0.3) is 6.43 Å². The van der Waals surface area contributed by atoms with Crippen molar-refractivity contribution in [2.24, 2.45) is 0 Å². The summed E-state index contributed by atoms with van der Waals surface area (Å²) in [6.07, 6.45) is -2.23. The fourth-order valence-corrected chi connectivity index (χ4v) is 4.84. The fraction of sp³-hybridized carbons (Fsp3) is 0.607. The number of halogens is 2. The average Bonchev–Trinajstić information content (AvgIpc) is 3.38. The number of hydrogen-bond acceptors (Lipinski definition) is 11. The molecule has 4 heterocycles. The number of likely N-dealkylation sites (tertiary alicyclic amines) is 1. The van der Waals surface area contributed by atoms with Gasteiger partial charge in [0.15, 0.2) is 5.82 Å². The van der Waals surface area contributed by atoms with Gasteiger partial charge in [-0.25, -0.2) is 18.6 Å². The van der Waals surface area contributed by atoms with Crippen molar-refractivity contribution >= 4 is 23.1 Å². The van der Waals surface area contributed by atoms with Gasteiger partial charge in [-0.1, -0.05) is 6.07 Å².